The molecule has 1 aliphatic heterocycles. The first-order valence-corrected chi connectivity index (χ1v) is 26.0. The Morgan fingerprint density at radius 3 is 1.26 bits per heavy atom. The molecule has 72 heavy (non-hydrogen) atoms. The number of rotatable bonds is 15. The molecule has 6 aliphatic rings. The summed E-state index contributed by atoms with van der Waals surface area (Å²) >= 11 is 0. The summed E-state index contributed by atoms with van der Waals surface area (Å²) in [5.74, 6) is -1.96. The lowest BCUT2D eigenvalue weighted by molar-refractivity contribution is -0.148. The first kappa shape index (κ1) is 65.1. The van der Waals surface area contributed by atoms with Gasteiger partial charge in [0.15, 0.2) is 0 Å². The second-order valence-corrected chi connectivity index (χ2v) is 21.2. The van der Waals surface area contributed by atoms with E-state index < -0.39 is 11.9 Å². The quantitative estimate of drug-likeness (QED) is 0.0262. The van der Waals surface area contributed by atoms with E-state index in [2.05, 4.69) is 39.3 Å². The first-order chi connectivity index (χ1) is 33.9. The van der Waals surface area contributed by atoms with Gasteiger partial charge < -0.3 is 40.6 Å². The molecule has 5 aliphatic carbocycles. The molecular formula is C52H87N6O14-. The SMILES string of the molecule is COC(=O)CC1(CC(=O)N=[N+]=[N-])CCCCC1.COC(=O)CC1(CC(=O)O)CCCCC1.COC(=O)CC1(CN)CCCCC1.COC(=O)CC1(CN=C=O)CCCCC1.O=C1CC2(CCCCC2)CN1.[OH-]. The van der Waals surface area contributed by atoms with Gasteiger partial charge in [-0.1, -0.05) is 96.3 Å². The lowest BCUT2D eigenvalue weighted by Crippen LogP contribution is -2.35. The highest BCUT2D eigenvalue weighted by atomic mass is 16.5. The Morgan fingerprint density at radius 1 is 0.583 bits per heavy atom. The van der Waals surface area contributed by atoms with Crippen LogP contribution in [-0.2, 0) is 57.3 Å². The summed E-state index contributed by atoms with van der Waals surface area (Å²) in [5.41, 5.74) is 13.5. The molecule has 6 rings (SSSR count). The van der Waals surface area contributed by atoms with Crippen molar-refractivity contribution in [2.75, 3.05) is 48.1 Å². The van der Waals surface area contributed by atoms with Crippen LogP contribution in [0.5, 0.6) is 0 Å². The fraction of sp³-hybridized carbons (Fsp3) is 0.846. The van der Waals surface area contributed by atoms with Gasteiger partial charge in [0.05, 0.1) is 67.1 Å². The standard InChI is InChI=1S/C11H17N3O3.C11H17NO3.C11H18O4.C10H19NO2.C9H15NO.H2O/c1-17-10(16)8-11(5-3-2-4-6-11)7-9(15)13-14-12;1-15-10(14)7-11(8-12-9-13)5-3-2-4-6-11;1-15-10(14)8-11(7-9(12)13)5-3-2-4-6-11;1-13-9(12)7-10(8-11)5-3-2-4-6-10;11-8-6-9(7-10-8)4-2-1-3-5-9;/h2-8H2,1H3;2-8H2,1H3;2-8H2,1H3,(H,12,13);2-8,11H2,1H3;1-7H2,(H,10,11);1H2/p-1. The molecule has 6 fully saturated rings. The van der Waals surface area contributed by atoms with Gasteiger partial charge in [-0.2, -0.15) is 0 Å². The maximum atomic E-state index is 11.4. The number of azide groups is 1. The van der Waals surface area contributed by atoms with E-state index in [0.29, 0.717) is 31.3 Å². The zero-order chi connectivity index (χ0) is 52.7. The largest absolute Gasteiger partial charge is 0.870 e. The van der Waals surface area contributed by atoms with Crippen molar-refractivity contribution in [3.8, 4) is 0 Å². The molecular weight excluding hydrogens is 933 g/mol. The number of aliphatic imine (C=N–C) groups is 1. The summed E-state index contributed by atoms with van der Waals surface area (Å²) in [4.78, 5) is 94.6. The van der Waals surface area contributed by atoms with Crippen LogP contribution in [-0.4, -0.2) is 106 Å². The van der Waals surface area contributed by atoms with Crippen LogP contribution in [0.2, 0.25) is 0 Å². The predicted molar refractivity (Wildman–Crippen MR) is 267 cm³/mol. The number of hydrogen-bond donors (Lipinski definition) is 3. The van der Waals surface area contributed by atoms with E-state index in [1.807, 2.05) is 0 Å². The van der Waals surface area contributed by atoms with Crippen molar-refractivity contribution in [1.82, 2.24) is 5.32 Å². The highest BCUT2D eigenvalue weighted by Gasteiger charge is 2.40. The van der Waals surface area contributed by atoms with Crippen molar-refractivity contribution < 1.29 is 67.9 Å². The van der Waals surface area contributed by atoms with Gasteiger partial charge in [-0.3, -0.25) is 33.6 Å². The molecule has 0 atom stereocenters. The molecule has 5 saturated carbocycles. The summed E-state index contributed by atoms with van der Waals surface area (Å²) < 4.78 is 18.7. The fourth-order valence-corrected chi connectivity index (χ4v) is 11.7. The van der Waals surface area contributed by atoms with Crippen molar-refractivity contribution in [3.63, 3.8) is 0 Å². The van der Waals surface area contributed by atoms with Crippen LogP contribution in [0.25, 0.3) is 10.4 Å². The molecule has 0 aromatic carbocycles. The Bertz CT molecular complexity index is 1740. The summed E-state index contributed by atoms with van der Waals surface area (Å²) in [7, 11) is 5.52. The summed E-state index contributed by atoms with van der Waals surface area (Å²) in [6, 6.07) is 0. The number of ether oxygens (including phenoxy) is 4. The van der Waals surface area contributed by atoms with Gasteiger partial charge in [-0.25, -0.2) is 9.79 Å². The molecule has 410 valence electrons. The monoisotopic (exact) mass is 1020 g/mol. The second kappa shape index (κ2) is 34.5. The molecule has 0 aromatic heterocycles. The van der Waals surface area contributed by atoms with Crippen molar-refractivity contribution in [3.05, 3.63) is 10.4 Å². The summed E-state index contributed by atoms with van der Waals surface area (Å²) in [5, 5.41) is 14.9. The van der Waals surface area contributed by atoms with E-state index in [1.54, 1.807) is 6.08 Å². The van der Waals surface area contributed by atoms with Gasteiger partial charge in [-0.15, -0.1) is 0 Å². The zero-order valence-corrected chi connectivity index (χ0v) is 43.9. The Labute approximate surface area is 426 Å². The number of carbonyl (C=O) groups excluding carboxylic acids is 7. The Hall–Kier alpha value is -4.90. The maximum Gasteiger partial charge on any atom is 0.306 e. The number of carboxylic acids is 1. The van der Waals surface area contributed by atoms with E-state index in [0.717, 1.165) is 116 Å². The molecule has 20 heteroatoms. The van der Waals surface area contributed by atoms with Gasteiger partial charge in [-0.05, 0) is 103 Å². The first-order valence-electron chi connectivity index (χ1n) is 26.0. The molecule has 1 saturated heterocycles. The van der Waals surface area contributed by atoms with Crippen LogP contribution in [0.1, 0.15) is 205 Å². The molecule has 0 unspecified atom stereocenters. The number of nitrogens with zero attached hydrogens (tertiary/aromatic N) is 4. The minimum Gasteiger partial charge on any atom is -0.870 e. The number of methoxy groups -OCH3 is 4. The number of carboxylic acid groups (broad SMARTS) is 1. The van der Waals surface area contributed by atoms with Crippen molar-refractivity contribution in [1.29, 1.82) is 0 Å². The molecule has 1 spiro atoms. The lowest BCUT2D eigenvalue weighted by Gasteiger charge is -2.35. The third-order valence-electron chi connectivity index (χ3n) is 15.9. The van der Waals surface area contributed by atoms with Crippen LogP contribution >= 0.6 is 0 Å². The number of amides is 2. The minimum atomic E-state index is -0.819. The normalized spacial score (nSPS) is 20.5. The van der Waals surface area contributed by atoms with Gasteiger partial charge in [0.25, 0.3) is 0 Å². The second-order valence-electron chi connectivity index (χ2n) is 21.2. The van der Waals surface area contributed by atoms with E-state index in [-0.39, 0.29) is 82.6 Å². The number of carbonyl (C=O) groups is 7. The Morgan fingerprint density at radius 2 is 0.931 bits per heavy atom. The van der Waals surface area contributed by atoms with Gasteiger partial charge in [0.2, 0.25) is 17.9 Å². The summed E-state index contributed by atoms with van der Waals surface area (Å²) in [6.07, 6.45) is 31.2. The van der Waals surface area contributed by atoms with E-state index in [4.69, 9.17) is 16.4 Å². The Kier molecular flexibility index (Phi) is 31.2. The van der Waals surface area contributed by atoms with E-state index in [9.17, 15) is 38.4 Å². The number of nitrogens with two attached hydrogens (primary N) is 1. The van der Waals surface area contributed by atoms with Crippen LogP contribution < -0.4 is 11.1 Å². The highest BCUT2D eigenvalue weighted by Crippen LogP contribution is 2.45. The Balaban J connectivity index is 0.000000451. The maximum absolute atomic E-state index is 11.4. The number of nitrogens with one attached hydrogen (secondary N) is 1. The smallest absolute Gasteiger partial charge is 0.306 e. The van der Waals surface area contributed by atoms with Crippen LogP contribution in [0.4, 0.5) is 0 Å². The number of isocyanates is 1. The topological polar surface area (TPSA) is 323 Å². The molecule has 2 amide bonds. The molecule has 5 N–H and O–H groups in total. The zero-order valence-electron chi connectivity index (χ0n) is 43.9. The van der Waals surface area contributed by atoms with Gasteiger partial charge in [0.1, 0.15) is 0 Å². The van der Waals surface area contributed by atoms with Gasteiger partial charge in [0, 0.05) is 29.7 Å². The number of esters is 4. The predicted octanol–water partition coefficient (Wildman–Crippen LogP) is 9.28. The molecule has 1 heterocycles. The summed E-state index contributed by atoms with van der Waals surface area (Å²) in [6.45, 7) is 1.97. The van der Waals surface area contributed by atoms with Crippen molar-refractivity contribution in [2.45, 2.75) is 205 Å². The average Bonchev–Trinajstić information content (AvgIpc) is 3.73. The molecule has 20 nitrogen and oxygen atoms in total. The lowest BCUT2D eigenvalue weighted by atomic mass is 9.69. The van der Waals surface area contributed by atoms with E-state index >= 15 is 0 Å². The third-order valence-corrected chi connectivity index (χ3v) is 15.9. The fourth-order valence-electron chi connectivity index (χ4n) is 11.7. The van der Waals surface area contributed by atoms with Gasteiger partial charge >= 0.3 is 29.8 Å². The number of hydrogen-bond acceptors (Lipinski definition) is 15. The molecule has 0 radical (unpaired) electrons. The highest BCUT2D eigenvalue weighted by molar-refractivity contribution is 5.79. The average molecular weight is 1020 g/mol. The van der Waals surface area contributed by atoms with Crippen molar-refractivity contribution in [2.24, 2.45) is 42.9 Å². The van der Waals surface area contributed by atoms with E-state index in [1.165, 1.54) is 86.2 Å². The molecule has 0 aromatic rings. The van der Waals surface area contributed by atoms with Crippen LogP contribution in [0.3, 0.4) is 0 Å². The number of aliphatic carboxylic acids is 1. The molecule has 0 bridgehead atoms. The third kappa shape index (κ3) is 24.2. The van der Waals surface area contributed by atoms with Crippen LogP contribution in [0, 0.1) is 27.1 Å². The minimum absolute atomic E-state index is 0. The van der Waals surface area contributed by atoms with Crippen molar-refractivity contribution >= 4 is 47.7 Å². The van der Waals surface area contributed by atoms with Crippen LogP contribution in [0.15, 0.2) is 10.1 Å².